The Balaban J connectivity index is 1.71. The number of rotatable bonds is 3. The van der Waals surface area contributed by atoms with Gasteiger partial charge in [0.15, 0.2) is 5.82 Å². The third-order valence-electron chi connectivity index (χ3n) is 3.56. The van der Waals surface area contributed by atoms with Gasteiger partial charge in [-0.15, -0.1) is 0 Å². The molecule has 0 spiro atoms. The van der Waals surface area contributed by atoms with E-state index in [1.165, 1.54) is 0 Å². The molecule has 0 atom stereocenters. The van der Waals surface area contributed by atoms with E-state index in [0.29, 0.717) is 29.3 Å². The number of amides is 2. The number of halogens is 1. The molecule has 0 unspecified atom stereocenters. The Morgan fingerprint density at radius 2 is 2.29 bits per heavy atom. The Labute approximate surface area is 126 Å². The minimum Gasteiger partial charge on any atom is -0.333 e. The minimum atomic E-state index is -0.251. The third-order valence-corrected chi connectivity index (χ3v) is 3.88. The Kier molecular flexibility index (Phi) is 3.79. The normalized spacial score (nSPS) is 15.5. The molecule has 1 aliphatic heterocycles. The summed E-state index contributed by atoms with van der Waals surface area (Å²) in [7, 11) is 0. The maximum Gasteiger partial charge on any atom is 0.245 e. The number of piperidine rings is 1. The Bertz CT molecular complexity index is 697. The lowest BCUT2D eigenvalue weighted by molar-refractivity contribution is -0.136. The van der Waals surface area contributed by atoms with Gasteiger partial charge >= 0.3 is 0 Å². The van der Waals surface area contributed by atoms with Crippen LogP contribution in [0.4, 0.5) is 5.82 Å². The number of aromatic amines is 1. The molecule has 0 bridgehead atoms. The van der Waals surface area contributed by atoms with E-state index in [-0.39, 0.29) is 18.4 Å². The van der Waals surface area contributed by atoms with Gasteiger partial charge in [-0.05, 0) is 25.0 Å². The summed E-state index contributed by atoms with van der Waals surface area (Å²) in [5.74, 6) is 0.215. The van der Waals surface area contributed by atoms with E-state index in [1.54, 1.807) is 17.0 Å². The van der Waals surface area contributed by atoms with Gasteiger partial charge in [0.2, 0.25) is 11.8 Å². The van der Waals surface area contributed by atoms with Crippen LogP contribution in [0.5, 0.6) is 0 Å². The van der Waals surface area contributed by atoms with Gasteiger partial charge in [-0.1, -0.05) is 17.7 Å². The fourth-order valence-corrected chi connectivity index (χ4v) is 2.69. The van der Waals surface area contributed by atoms with Crippen LogP contribution in [0.1, 0.15) is 19.3 Å². The number of nitrogens with one attached hydrogen (secondary N) is 2. The molecule has 3 rings (SSSR count). The number of H-pyrrole nitrogens is 1. The topological polar surface area (TPSA) is 78.1 Å². The largest absolute Gasteiger partial charge is 0.333 e. The van der Waals surface area contributed by atoms with Gasteiger partial charge in [0.05, 0.1) is 17.1 Å². The fourth-order valence-electron chi connectivity index (χ4n) is 2.48. The van der Waals surface area contributed by atoms with Crippen LogP contribution in [0.25, 0.3) is 10.9 Å². The number of hydrogen-bond acceptors (Lipinski definition) is 3. The molecule has 2 heterocycles. The van der Waals surface area contributed by atoms with Crippen molar-refractivity contribution >= 4 is 40.1 Å². The number of likely N-dealkylation sites (tertiary alicyclic amines) is 1. The highest BCUT2D eigenvalue weighted by molar-refractivity contribution is 6.35. The molecule has 2 aromatic rings. The van der Waals surface area contributed by atoms with Crippen LogP contribution in [-0.4, -0.2) is 40.0 Å². The highest BCUT2D eigenvalue weighted by Gasteiger charge is 2.21. The lowest BCUT2D eigenvalue weighted by atomic mass is 10.1. The fraction of sp³-hybridized carbons (Fsp3) is 0.357. The number of fused-ring (bicyclic) bond motifs is 1. The van der Waals surface area contributed by atoms with Crippen LogP contribution in [0.2, 0.25) is 5.02 Å². The van der Waals surface area contributed by atoms with Crippen LogP contribution < -0.4 is 5.32 Å². The summed E-state index contributed by atoms with van der Waals surface area (Å²) >= 11 is 6.04. The molecule has 0 radical (unpaired) electrons. The molecule has 0 aliphatic carbocycles. The van der Waals surface area contributed by atoms with E-state index >= 15 is 0 Å². The second-order valence-electron chi connectivity index (χ2n) is 5.06. The summed E-state index contributed by atoms with van der Waals surface area (Å²) in [5, 5.41) is 10.9. The molecule has 1 saturated heterocycles. The summed E-state index contributed by atoms with van der Waals surface area (Å²) in [5.41, 5.74) is 0.684. The zero-order valence-corrected chi connectivity index (χ0v) is 12.1. The first kappa shape index (κ1) is 13.9. The van der Waals surface area contributed by atoms with Crippen molar-refractivity contribution < 1.29 is 9.59 Å². The summed E-state index contributed by atoms with van der Waals surface area (Å²) in [6.45, 7) is 0.702. The second kappa shape index (κ2) is 5.73. The van der Waals surface area contributed by atoms with Gasteiger partial charge in [-0.3, -0.25) is 14.7 Å². The number of aromatic nitrogens is 2. The van der Waals surface area contributed by atoms with Gasteiger partial charge in [0, 0.05) is 18.4 Å². The molecular weight excluding hydrogens is 292 g/mol. The standard InChI is InChI=1S/C14H15ClN4O2/c15-10-5-3-4-9-13(10)17-18-14(9)16-11(20)8-19-7-2-1-6-12(19)21/h3-5H,1-2,6-8H2,(H2,16,17,18,20). The number of carbonyl (C=O) groups is 2. The van der Waals surface area contributed by atoms with Crippen molar-refractivity contribution in [3.63, 3.8) is 0 Å². The first-order chi connectivity index (χ1) is 10.1. The summed E-state index contributed by atoms with van der Waals surface area (Å²) < 4.78 is 0. The smallest absolute Gasteiger partial charge is 0.245 e. The van der Waals surface area contributed by atoms with E-state index < -0.39 is 0 Å². The molecule has 6 nitrogen and oxygen atoms in total. The van der Waals surface area contributed by atoms with Gasteiger partial charge in [-0.25, -0.2) is 0 Å². The Morgan fingerprint density at radius 1 is 1.43 bits per heavy atom. The van der Waals surface area contributed by atoms with E-state index in [4.69, 9.17) is 11.6 Å². The predicted molar refractivity (Wildman–Crippen MR) is 80.2 cm³/mol. The number of nitrogens with zero attached hydrogens (tertiary/aromatic N) is 2. The quantitative estimate of drug-likeness (QED) is 0.912. The van der Waals surface area contributed by atoms with Gasteiger partial charge in [-0.2, -0.15) is 5.10 Å². The lowest BCUT2D eigenvalue weighted by Crippen LogP contribution is -2.40. The second-order valence-corrected chi connectivity index (χ2v) is 5.46. The average Bonchev–Trinajstić information content (AvgIpc) is 2.86. The predicted octanol–water partition coefficient (Wildman–Crippen LogP) is 2.17. The van der Waals surface area contributed by atoms with Crippen molar-refractivity contribution in [2.75, 3.05) is 18.4 Å². The average molecular weight is 307 g/mol. The molecular formula is C14H15ClN4O2. The molecule has 7 heteroatoms. The van der Waals surface area contributed by atoms with Crippen molar-refractivity contribution in [2.24, 2.45) is 0 Å². The van der Waals surface area contributed by atoms with Gasteiger partial charge in [0.25, 0.3) is 0 Å². The number of benzene rings is 1. The first-order valence-corrected chi connectivity index (χ1v) is 7.23. The Morgan fingerprint density at radius 3 is 3.10 bits per heavy atom. The van der Waals surface area contributed by atoms with Crippen molar-refractivity contribution in [1.29, 1.82) is 0 Å². The summed E-state index contributed by atoms with van der Waals surface area (Å²) in [6.07, 6.45) is 2.37. The van der Waals surface area contributed by atoms with E-state index in [2.05, 4.69) is 15.5 Å². The highest BCUT2D eigenvalue weighted by Crippen LogP contribution is 2.26. The van der Waals surface area contributed by atoms with Gasteiger partial charge < -0.3 is 10.2 Å². The van der Waals surface area contributed by atoms with Crippen molar-refractivity contribution in [1.82, 2.24) is 15.1 Å². The SMILES string of the molecule is O=C(CN1CCCCC1=O)Nc1n[nH]c2c(Cl)cccc12. The van der Waals surface area contributed by atoms with Crippen LogP contribution in [0, 0.1) is 0 Å². The summed E-state index contributed by atoms with van der Waals surface area (Å²) in [6, 6.07) is 5.37. The zero-order valence-electron chi connectivity index (χ0n) is 11.4. The molecule has 1 fully saturated rings. The van der Waals surface area contributed by atoms with Crippen LogP contribution in [-0.2, 0) is 9.59 Å². The monoisotopic (exact) mass is 306 g/mol. The van der Waals surface area contributed by atoms with E-state index in [0.717, 1.165) is 18.2 Å². The number of carbonyl (C=O) groups excluding carboxylic acids is 2. The van der Waals surface area contributed by atoms with E-state index in [9.17, 15) is 9.59 Å². The van der Waals surface area contributed by atoms with Crippen LogP contribution in [0.3, 0.4) is 0 Å². The highest BCUT2D eigenvalue weighted by atomic mass is 35.5. The molecule has 2 N–H and O–H groups in total. The van der Waals surface area contributed by atoms with Crippen molar-refractivity contribution in [3.05, 3.63) is 23.2 Å². The molecule has 2 amide bonds. The maximum atomic E-state index is 12.1. The molecule has 1 aliphatic rings. The molecule has 1 aromatic carbocycles. The van der Waals surface area contributed by atoms with E-state index in [1.807, 2.05) is 6.07 Å². The van der Waals surface area contributed by atoms with Crippen LogP contribution in [0.15, 0.2) is 18.2 Å². The third kappa shape index (κ3) is 2.85. The molecule has 0 saturated carbocycles. The number of anilines is 1. The zero-order chi connectivity index (χ0) is 14.8. The minimum absolute atomic E-state index is 0.0336. The lowest BCUT2D eigenvalue weighted by Gasteiger charge is -2.25. The number of para-hydroxylation sites is 1. The molecule has 110 valence electrons. The van der Waals surface area contributed by atoms with Crippen LogP contribution >= 0.6 is 11.6 Å². The first-order valence-electron chi connectivity index (χ1n) is 6.85. The molecule has 21 heavy (non-hydrogen) atoms. The van der Waals surface area contributed by atoms with Gasteiger partial charge in [0.1, 0.15) is 0 Å². The van der Waals surface area contributed by atoms with Crippen molar-refractivity contribution in [2.45, 2.75) is 19.3 Å². The molecule has 1 aromatic heterocycles. The summed E-state index contributed by atoms with van der Waals surface area (Å²) in [4.78, 5) is 25.3. The Hall–Kier alpha value is -2.08. The van der Waals surface area contributed by atoms with Crippen molar-refractivity contribution in [3.8, 4) is 0 Å². The maximum absolute atomic E-state index is 12.1. The number of hydrogen-bond donors (Lipinski definition) is 2.